The minimum Gasteiger partial charge on any atom is -0.310 e. The molecule has 0 heterocycles. The van der Waals surface area contributed by atoms with Crippen LogP contribution in [0.2, 0.25) is 0 Å². The van der Waals surface area contributed by atoms with E-state index in [1.165, 1.54) is 66.1 Å². The Morgan fingerprint density at radius 1 is 0.952 bits per heavy atom. The topological polar surface area (TPSA) is 12.0 Å². The minimum absolute atomic E-state index is 0.512. The van der Waals surface area contributed by atoms with E-state index >= 15 is 0 Å². The van der Waals surface area contributed by atoms with Gasteiger partial charge in [-0.1, -0.05) is 67.9 Å². The van der Waals surface area contributed by atoms with E-state index in [9.17, 15) is 0 Å². The van der Waals surface area contributed by atoms with Crippen LogP contribution in [0.3, 0.4) is 0 Å². The third kappa shape index (κ3) is 6.52. The van der Waals surface area contributed by atoms with Crippen LogP contribution in [0, 0.1) is 13.8 Å². The number of benzene rings is 1. The summed E-state index contributed by atoms with van der Waals surface area (Å²) in [6.45, 7) is 10.0. The van der Waals surface area contributed by atoms with Crippen molar-refractivity contribution in [1.29, 1.82) is 0 Å². The van der Waals surface area contributed by atoms with E-state index in [0.717, 1.165) is 6.54 Å². The fraction of sp³-hybridized carbons (Fsp3) is 0.684. The molecule has 0 amide bonds. The summed E-state index contributed by atoms with van der Waals surface area (Å²) in [7, 11) is 0. The van der Waals surface area contributed by atoms with Crippen molar-refractivity contribution in [2.75, 3.05) is 6.54 Å². The van der Waals surface area contributed by atoms with Crippen LogP contribution in [0.4, 0.5) is 0 Å². The van der Waals surface area contributed by atoms with Gasteiger partial charge >= 0.3 is 0 Å². The quantitative estimate of drug-likeness (QED) is 0.475. The summed E-state index contributed by atoms with van der Waals surface area (Å²) in [5.74, 6) is 0. The summed E-state index contributed by atoms with van der Waals surface area (Å²) in [5.41, 5.74) is 4.22. The second kappa shape index (κ2) is 10.4. The van der Waals surface area contributed by atoms with Crippen molar-refractivity contribution < 1.29 is 0 Å². The first-order chi connectivity index (χ1) is 10.1. The van der Waals surface area contributed by atoms with Gasteiger partial charge in [-0.25, -0.2) is 0 Å². The van der Waals surface area contributed by atoms with Crippen LogP contribution in [-0.4, -0.2) is 6.54 Å². The third-order valence-corrected chi connectivity index (χ3v) is 5.01. The van der Waals surface area contributed by atoms with E-state index in [4.69, 9.17) is 0 Å². The second-order valence-corrected chi connectivity index (χ2v) is 7.02. The molecular weight excluding hydrogens is 322 g/mol. The zero-order chi connectivity index (χ0) is 15.7. The maximum absolute atomic E-state index is 3.75. The van der Waals surface area contributed by atoms with Crippen LogP contribution < -0.4 is 5.32 Å². The second-order valence-electron chi connectivity index (χ2n) is 6.17. The predicted molar refractivity (Wildman–Crippen MR) is 98.0 cm³/mol. The van der Waals surface area contributed by atoms with Gasteiger partial charge in [0, 0.05) is 10.5 Å². The lowest BCUT2D eigenvalue weighted by Gasteiger charge is -2.22. The van der Waals surface area contributed by atoms with Crippen molar-refractivity contribution >= 4 is 15.9 Å². The van der Waals surface area contributed by atoms with Gasteiger partial charge in [-0.15, -0.1) is 0 Å². The standard InChI is InChI=1S/C19H32BrN/c1-5-7-8-9-10-11-19(21-12-6-2)17-13-16(4)18(20)14-15(17)3/h13-14,19,21H,5-12H2,1-4H3. The molecule has 0 saturated heterocycles. The molecule has 1 aromatic carbocycles. The number of hydrogen-bond acceptors (Lipinski definition) is 1. The highest BCUT2D eigenvalue weighted by Gasteiger charge is 2.14. The maximum atomic E-state index is 3.75. The fourth-order valence-corrected chi connectivity index (χ4v) is 3.27. The van der Waals surface area contributed by atoms with Crippen LogP contribution in [0.1, 0.15) is 81.5 Å². The number of hydrogen-bond donors (Lipinski definition) is 1. The van der Waals surface area contributed by atoms with Gasteiger partial charge in [-0.2, -0.15) is 0 Å². The monoisotopic (exact) mass is 353 g/mol. The molecule has 0 radical (unpaired) electrons. The van der Waals surface area contributed by atoms with Gasteiger partial charge in [-0.05, 0) is 56.0 Å². The molecule has 0 aliphatic rings. The first-order valence-corrected chi connectivity index (χ1v) is 9.39. The van der Waals surface area contributed by atoms with Gasteiger partial charge in [0.1, 0.15) is 0 Å². The number of rotatable bonds is 10. The maximum Gasteiger partial charge on any atom is 0.0322 e. The van der Waals surface area contributed by atoms with Crippen molar-refractivity contribution in [3.05, 3.63) is 33.3 Å². The number of unbranched alkanes of at least 4 members (excludes halogenated alkanes) is 4. The van der Waals surface area contributed by atoms with Crippen LogP contribution in [0.5, 0.6) is 0 Å². The van der Waals surface area contributed by atoms with E-state index in [2.05, 4.69) is 61.1 Å². The van der Waals surface area contributed by atoms with Gasteiger partial charge in [0.05, 0.1) is 0 Å². The van der Waals surface area contributed by atoms with Crippen molar-refractivity contribution in [3.8, 4) is 0 Å². The molecule has 0 saturated carbocycles. The normalized spacial score (nSPS) is 12.6. The van der Waals surface area contributed by atoms with Crippen molar-refractivity contribution in [2.45, 2.75) is 78.7 Å². The zero-order valence-corrected chi connectivity index (χ0v) is 15.9. The Hall–Kier alpha value is -0.340. The molecule has 1 aromatic rings. The number of aryl methyl sites for hydroxylation is 2. The largest absolute Gasteiger partial charge is 0.310 e. The lowest BCUT2D eigenvalue weighted by Crippen LogP contribution is -2.23. The Morgan fingerprint density at radius 2 is 1.67 bits per heavy atom. The Kier molecular flexibility index (Phi) is 9.26. The van der Waals surface area contributed by atoms with Crippen LogP contribution in [0.15, 0.2) is 16.6 Å². The summed E-state index contributed by atoms with van der Waals surface area (Å²) in [5, 5.41) is 3.75. The van der Waals surface area contributed by atoms with Gasteiger partial charge in [0.15, 0.2) is 0 Å². The molecular formula is C19H32BrN. The molecule has 0 bridgehead atoms. The van der Waals surface area contributed by atoms with Gasteiger partial charge in [-0.3, -0.25) is 0 Å². The Labute approximate surface area is 140 Å². The van der Waals surface area contributed by atoms with Gasteiger partial charge in [0.2, 0.25) is 0 Å². The summed E-state index contributed by atoms with van der Waals surface area (Å²) in [6.07, 6.45) is 9.23. The van der Waals surface area contributed by atoms with Crippen LogP contribution in [-0.2, 0) is 0 Å². The highest BCUT2D eigenvalue weighted by molar-refractivity contribution is 9.10. The Balaban J connectivity index is 2.70. The molecule has 1 nitrogen and oxygen atoms in total. The first kappa shape index (κ1) is 18.7. The van der Waals surface area contributed by atoms with E-state index in [0.29, 0.717) is 6.04 Å². The average Bonchev–Trinajstić information content (AvgIpc) is 2.46. The molecule has 1 atom stereocenters. The van der Waals surface area contributed by atoms with E-state index in [1.54, 1.807) is 0 Å². The van der Waals surface area contributed by atoms with Crippen LogP contribution in [0.25, 0.3) is 0 Å². The highest BCUT2D eigenvalue weighted by Crippen LogP contribution is 2.28. The van der Waals surface area contributed by atoms with E-state index in [-0.39, 0.29) is 0 Å². The van der Waals surface area contributed by atoms with E-state index < -0.39 is 0 Å². The van der Waals surface area contributed by atoms with Gasteiger partial charge in [0.25, 0.3) is 0 Å². The SMILES string of the molecule is CCCCCCCC(NCCC)c1cc(C)c(Br)cc1C. The molecule has 1 rings (SSSR count). The Morgan fingerprint density at radius 3 is 2.33 bits per heavy atom. The first-order valence-electron chi connectivity index (χ1n) is 8.60. The molecule has 2 heteroatoms. The highest BCUT2D eigenvalue weighted by atomic mass is 79.9. The lowest BCUT2D eigenvalue weighted by atomic mass is 9.94. The molecule has 0 spiro atoms. The van der Waals surface area contributed by atoms with Crippen molar-refractivity contribution in [2.24, 2.45) is 0 Å². The minimum atomic E-state index is 0.512. The molecule has 21 heavy (non-hydrogen) atoms. The Bertz CT molecular complexity index is 414. The molecule has 120 valence electrons. The molecule has 1 N–H and O–H groups in total. The molecule has 0 fully saturated rings. The summed E-state index contributed by atoms with van der Waals surface area (Å²) < 4.78 is 1.22. The lowest BCUT2D eigenvalue weighted by molar-refractivity contribution is 0.466. The average molecular weight is 354 g/mol. The summed E-state index contributed by atoms with van der Waals surface area (Å²) in [6, 6.07) is 5.14. The van der Waals surface area contributed by atoms with E-state index in [1.807, 2.05) is 0 Å². The smallest absolute Gasteiger partial charge is 0.0322 e. The summed E-state index contributed by atoms with van der Waals surface area (Å²) >= 11 is 3.64. The number of nitrogens with one attached hydrogen (secondary N) is 1. The number of halogens is 1. The fourth-order valence-electron chi connectivity index (χ4n) is 2.82. The van der Waals surface area contributed by atoms with Crippen molar-refractivity contribution in [3.63, 3.8) is 0 Å². The third-order valence-electron chi connectivity index (χ3n) is 4.16. The zero-order valence-electron chi connectivity index (χ0n) is 14.3. The van der Waals surface area contributed by atoms with Gasteiger partial charge < -0.3 is 5.32 Å². The molecule has 0 aliphatic carbocycles. The summed E-state index contributed by atoms with van der Waals surface area (Å²) in [4.78, 5) is 0. The van der Waals surface area contributed by atoms with Crippen molar-refractivity contribution in [1.82, 2.24) is 5.32 Å². The molecule has 1 unspecified atom stereocenters. The van der Waals surface area contributed by atoms with Crippen LogP contribution >= 0.6 is 15.9 Å². The molecule has 0 aromatic heterocycles. The molecule has 0 aliphatic heterocycles. The predicted octanol–water partition coefficient (Wildman–Crippen LogP) is 6.47.